The summed E-state index contributed by atoms with van der Waals surface area (Å²) < 4.78 is 0. The molecular weight excluding hydrogens is 262 g/mol. The Balaban J connectivity index is 1.69. The molecule has 116 valence electrons. The Morgan fingerprint density at radius 2 is 1.90 bits per heavy atom. The number of benzene rings is 1. The first-order valence-electron chi connectivity index (χ1n) is 8.24. The van der Waals surface area contributed by atoms with Gasteiger partial charge in [0.05, 0.1) is 0 Å². The summed E-state index contributed by atoms with van der Waals surface area (Å²) in [6.07, 6.45) is 2.21. The van der Waals surface area contributed by atoms with Gasteiger partial charge in [-0.25, -0.2) is 0 Å². The molecule has 2 bridgehead atoms. The first-order chi connectivity index (χ1) is 10.3. The molecule has 3 saturated heterocycles. The van der Waals surface area contributed by atoms with Gasteiger partial charge in [-0.1, -0.05) is 19.1 Å². The number of nitrogens with zero attached hydrogens (tertiary/aromatic N) is 2. The van der Waals surface area contributed by atoms with Crippen LogP contribution in [0.15, 0.2) is 24.3 Å². The second-order valence-corrected chi connectivity index (χ2v) is 6.34. The Kier molecular flexibility index (Phi) is 4.78. The SMILES string of the molecule is CCCNC(Cc1ccc(O)cc1)C1CN2CCN1CC2. The third kappa shape index (κ3) is 3.57. The molecule has 0 radical (unpaired) electrons. The van der Waals surface area contributed by atoms with E-state index in [9.17, 15) is 5.11 Å². The number of phenols is 1. The molecule has 4 heteroatoms. The average Bonchev–Trinajstić information content (AvgIpc) is 2.54. The van der Waals surface area contributed by atoms with E-state index in [0.29, 0.717) is 17.8 Å². The Bertz CT molecular complexity index is 440. The first kappa shape index (κ1) is 14.8. The number of aromatic hydroxyl groups is 1. The van der Waals surface area contributed by atoms with E-state index in [4.69, 9.17) is 0 Å². The lowest BCUT2D eigenvalue weighted by atomic mass is 9.94. The summed E-state index contributed by atoms with van der Waals surface area (Å²) in [7, 11) is 0. The smallest absolute Gasteiger partial charge is 0.115 e. The molecule has 4 rings (SSSR count). The van der Waals surface area contributed by atoms with Crippen LogP contribution in [0.3, 0.4) is 0 Å². The van der Waals surface area contributed by atoms with Crippen LogP contribution < -0.4 is 5.32 Å². The Labute approximate surface area is 127 Å². The van der Waals surface area contributed by atoms with E-state index in [2.05, 4.69) is 22.0 Å². The number of hydrogen-bond acceptors (Lipinski definition) is 4. The van der Waals surface area contributed by atoms with Gasteiger partial charge in [0.15, 0.2) is 0 Å². The minimum absolute atomic E-state index is 0.350. The fourth-order valence-electron chi connectivity index (χ4n) is 3.60. The highest BCUT2D eigenvalue weighted by molar-refractivity contribution is 5.26. The van der Waals surface area contributed by atoms with Crippen molar-refractivity contribution < 1.29 is 5.11 Å². The van der Waals surface area contributed by atoms with Crippen LogP contribution >= 0.6 is 0 Å². The van der Waals surface area contributed by atoms with Crippen LogP contribution in [-0.2, 0) is 6.42 Å². The predicted molar refractivity (Wildman–Crippen MR) is 85.7 cm³/mol. The van der Waals surface area contributed by atoms with Crippen molar-refractivity contribution in [1.29, 1.82) is 0 Å². The Hall–Kier alpha value is -1.10. The number of nitrogens with one attached hydrogen (secondary N) is 1. The van der Waals surface area contributed by atoms with Crippen molar-refractivity contribution >= 4 is 0 Å². The Morgan fingerprint density at radius 3 is 2.48 bits per heavy atom. The van der Waals surface area contributed by atoms with Crippen LogP contribution in [0, 0.1) is 0 Å². The number of phenolic OH excluding ortho intramolecular Hbond substituents is 1. The van der Waals surface area contributed by atoms with E-state index in [-0.39, 0.29) is 0 Å². The Morgan fingerprint density at radius 1 is 1.19 bits per heavy atom. The maximum Gasteiger partial charge on any atom is 0.115 e. The fraction of sp³-hybridized carbons (Fsp3) is 0.647. The summed E-state index contributed by atoms with van der Waals surface area (Å²) >= 11 is 0. The van der Waals surface area contributed by atoms with Crippen LogP contribution in [0.4, 0.5) is 0 Å². The quantitative estimate of drug-likeness (QED) is 0.828. The van der Waals surface area contributed by atoms with Crippen LogP contribution in [0.5, 0.6) is 5.75 Å². The number of fused-ring (bicyclic) bond motifs is 3. The summed E-state index contributed by atoms with van der Waals surface area (Å²) in [4.78, 5) is 5.26. The van der Waals surface area contributed by atoms with Crippen molar-refractivity contribution in [2.24, 2.45) is 0 Å². The lowest BCUT2D eigenvalue weighted by molar-refractivity contribution is -0.00309. The van der Waals surface area contributed by atoms with Gasteiger partial charge in [0.25, 0.3) is 0 Å². The zero-order chi connectivity index (χ0) is 14.7. The van der Waals surface area contributed by atoms with E-state index >= 15 is 0 Å². The van der Waals surface area contributed by atoms with Gasteiger partial charge in [0.2, 0.25) is 0 Å². The van der Waals surface area contributed by atoms with Gasteiger partial charge in [-0.3, -0.25) is 9.80 Å². The summed E-state index contributed by atoms with van der Waals surface area (Å²) in [5.41, 5.74) is 1.30. The highest BCUT2D eigenvalue weighted by Gasteiger charge is 2.36. The van der Waals surface area contributed by atoms with Crippen molar-refractivity contribution in [2.75, 3.05) is 39.3 Å². The van der Waals surface area contributed by atoms with Gasteiger partial charge < -0.3 is 10.4 Å². The summed E-state index contributed by atoms with van der Waals surface area (Å²) in [6, 6.07) is 8.80. The molecule has 3 aliphatic rings. The van der Waals surface area contributed by atoms with E-state index in [1.807, 2.05) is 12.1 Å². The lowest BCUT2D eigenvalue weighted by Gasteiger charge is -2.50. The zero-order valence-corrected chi connectivity index (χ0v) is 13.0. The number of piperazine rings is 3. The molecule has 2 N–H and O–H groups in total. The third-order valence-corrected chi connectivity index (χ3v) is 4.83. The van der Waals surface area contributed by atoms with Crippen LogP contribution in [-0.4, -0.2) is 66.3 Å². The van der Waals surface area contributed by atoms with Gasteiger partial charge in [-0.2, -0.15) is 0 Å². The summed E-state index contributed by atoms with van der Waals surface area (Å²) in [5.74, 6) is 0.350. The van der Waals surface area contributed by atoms with Gasteiger partial charge >= 0.3 is 0 Å². The molecule has 2 atom stereocenters. The molecule has 0 spiro atoms. The van der Waals surface area contributed by atoms with Gasteiger partial charge in [0.1, 0.15) is 5.75 Å². The van der Waals surface area contributed by atoms with Crippen molar-refractivity contribution in [3.05, 3.63) is 29.8 Å². The number of hydrogen-bond donors (Lipinski definition) is 2. The molecule has 3 heterocycles. The van der Waals surface area contributed by atoms with Crippen LogP contribution in [0.1, 0.15) is 18.9 Å². The lowest BCUT2D eigenvalue weighted by Crippen LogP contribution is -2.66. The number of rotatable bonds is 6. The molecule has 21 heavy (non-hydrogen) atoms. The second kappa shape index (κ2) is 6.77. The monoisotopic (exact) mass is 289 g/mol. The van der Waals surface area contributed by atoms with Gasteiger partial charge in [0, 0.05) is 44.8 Å². The average molecular weight is 289 g/mol. The molecule has 0 aromatic heterocycles. The van der Waals surface area contributed by atoms with Gasteiger partial charge in [-0.15, -0.1) is 0 Å². The van der Waals surface area contributed by atoms with E-state index < -0.39 is 0 Å². The normalized spacial score (nSPS) is 29.5. The van der Waals surface area contributed by atoms with Crippen molar-refractivity contribution in [3.8, 4) is 5.75 Å². The fourth-order valence-corrected chi connectivity index (χ4v) is 3.60. The van der Waals surface area contributed by atoms with E-state index in [1.54, 1.807) is 12.1 Å². The molecule has 4 nitrogen and oxygen atoms in total. The maximum absolute atomic E-state index is 9.44. The largest absolute Gasteiger partial charge is 0.508 e. The molecule has 1 aromatic rings. The molecule has 0 amide bonds. The highest BCUT2D eigenvalue weighted by Crippen LogP contribution is 2.21. The minimum atomic E-state index is 0.350. The zero-order valence-electron chi connectivity index (χ0n) is 13.0. The van der Waals surface area contributed by atoms with E-state index in [0.717, 1.165) is 13.0 Å². The molecular formula is C17H27N3O. The molecule has 3 fully saturated rings. The van der Waals surface area contributed by atoms with Crippen molar-refractivity contribution in [2.45, 2.75) is 31.8 Å². The van der Waals surface area contributed by atoms with Gasteiger partial charge in [-0.05, 0) is 37.1 Å². The molecule has 2 unspecified atom stereocenters. The highest BCUT2D eigenvalue weighted by atomic mass is 16.3. The van der Waals surface area contributed by atoms with E-state index in [1.165, 1.54) is 44.7 Å². The molecule has 0 saturated carbocycles. The van der Waals surface area contributed by atoms with Crippen LogP contribution in [0.2, 0.25) is 0 Å². The second-order valence-electron chi connectivity index (χ2n) is 6.34. The van der Waals surface area contributed by atoms with Crippen LogP contribution in [0.25, 0.3) is 0 Å². The summed E-state index contributed by atoms with van der Waals surface area (Å²) in [6.45, 7) is 9.38. The predicted octanol–water partition coefficient (Wildman–Crippen LogP) is 1.30. The third-order valence-electron chi connectivity index (χ3n) is 4.83. The maximum atomic E-state index is 9.44. The molecule has 1 aromatic carbocycles. The molecule has 3 aliphatic heterocycles. The topological polar surface area (TPSA) is 38.7 Å². The molecule has 0 aliphatic carbocycles. The van der Waals surface area contributed by atoms with Crippen molar-refractivity contribution in [3.63, 3.8) is 0 Å². The standard InChI is InChI=1S/C17H27N3O/c1-2-7-18-16(12-14-3-5-15(21)6-4-14)17-13-19-8-10-20(17)11-9-19/h3-6,16-18,21H,2,7-13H2,1H3. The van der Waals surface area contributed by atoms with Crippen molar-refractivity contribution in [1.82, 2.24) is 15.1 Å². The first-order valence-corrected chi connectivity index (χ1v) is 8.24. The minimum Gasteiger partial charge on any atom is -0.508 e. The summed E-state index contributed by atoms with van der Waals surface area (Å²) in [5, 5.41) is 13.2.